The van der Waals surface area contributed by atoms with Crippen LogP contribution in [-0.4, -0.2) is 15.5 Å². The molecule has 35 heavy (non-hydrogen) atoms. The van der Waals surface area contributed by atoms with Crippen LogP contribution in [0.1, 0.15) is 31.2 Å². The quantitative estimate of drug-likeness (QED) is 0.402. The Morgan fingerprint density at radius 2 is 1.91 bits per heavy atom. The molecule has 176 valence electrons. The molecule has 0 saturated carbocycles. The number of halogens is 2. The fourth-order valence-electron chi connectivity index (χ4n) is 4.09. The molecule has 6 nitrogen and oxygen atoms in total. The molecular weight excluding hydrogens is 507 g/mol. The summed E-state index contributed by atoms with van der Waals surface area (Å²) in [5, 5.41) is 11.0. The van der Waals surface area contributed by atoms with E-state index >= 15 is 0 Å². The predicted octanol–water partition coefficient (Wildman–Crippen LogP) is 5.10. The average Bonchev–Trinajstić information content (AvgIpc) is 3.41. The Hall–Kier alpha value is -3.39. The fourth-order valence-corrected chi connectivity index (χ4v) is 5.43. The maximum absolute atomic E-state index is 13.5. The van der Waals surface area contributed by atoms with Gasteiger partial charge >= 0.3 is 0 Å². The smallest absolute Gasteiger partial charge is 0.271 e. The van der Waals surface area contributed by atoms with E-state index < -0.39 is 6.04 Å². The number of aromatic nitrogens is 1. The Bertz CT molecular complexity index is 1710. The second kappa shape index (κ2) is 9.00. The van der Waals surface area contributed by atoms with Crippen molar-refractivity contribution in [1.29, 1.82) is 0 Å². The van der Waals surface area contributed by atoms with Crippen LogP contribution < -0.4 is 14.9 Å². The molecule has 9 heteroatoms. The van der Waals surface area contributed by atoms with Crippen molar-refractivity contribution >= 4 is 46.4 Å². The summed E-state index contributed by atoms with van der Waals surface area (Å²) in [6, 6.07) is 14.6. The molecule has 0 spiro atoms. The van der Waals surface area contributed by atoms with E-state index in [0.29, 0.717) is 53.3 Å². The number of rotatable bonds is 4. The molecule has 3 heterocycles. The number of nitrogens with zero attached hydrogens (tertiary/aromatic N) is 2. The van der Waals surface area contributed by atoms with Gasteiger partial charge in [-0.15, -0.1) is 0 Å². The number of carbonyl (C=O) groups is 1. The van der Waals surface area contributed by atoms with Crippen LogP contribution in [0.25, 0.3) is 17.4 Å². The zero-order valence-corrected chi connectivity index (χ0v) is 20.9. The number of aromatic hydroxyl groups is 1. The maximum atomic E-state index is 13.5. The van der Waals surface area contributed by atoms with Crippen LogP contribution in [0.2, 0.25) is 10.0 Å². The van der Waals surface area contributed by atoms with Crippen molar-refractivity contribution in [3.63, 3.8) is 0 Å². The molecule has 0 aliphatic carbocycles. The highest BCUT2D eigenvalue weighted by atomic mass is 35.5. The van der Waals surface area contributed by atoms with Crippen molar-refractivity contribution in [2.45, 2.75) is 19.9 Å². The first kappa shape index (κ1) is 23.4. The van der Waals surface area contributed by atoms with Gasteiger partial charge in [-0.3, -0.25) is 14.2 Å². The summed E-state index contributed by atoms with van der Waals surface area (Å²) in [7, 11) is 0. The first-order chi connectivity index (χ1) is 16.7. The molecule has 1 aliphatic heterocycles. The minimum Gasteiger partial charge on any atom is -0.507 e. The summed E-state index contributed by atoms with van der Waals surface area (Å²) in [5.74, 6) is 0.791. The highest BCUT2D eigenvalue weighted by Gasteiger charge is 2.33. The number of phenols is 1. The van der Waals surface area contributed by atoms with Gasteiger partial charge in [-0.2, -0.15) is 0 Å². The van der Waals surface area contributed by atoms with Crippen molar-refractivity contribution < 1.29 is 14.3 Å². The number of phenolic OH excluding ortho intramolecular Hbond substituents is 1. The van der Waals surface area contributed by atoms with Crippen LogP contribution in [0.4, 0.5) is 0 Å². The van der Waals surface area contributed by atoms with Gasteiger partial charge in [0.15, 0.2) is 10.6 Å². The maximum Gasteiger partial charge on any atom is 0.271 e. The number of benzene rings is 2. The Kier molecular flexibility index (Phi) is 6.01. The zero-order valence-electron chi connectivity index (χ0n) is 18.6. The van der Waals surface area contributed by atoms with Crippen molar-refractivity contribution in [1.82, 2.24) is 4.57 Å². The van der Waals surface area contributed by atoms with Crippen LogP contribution in [0.3, 0.4) is 0 Å². The Morgan fingerprint density at radius 1 is 1.14 bits per heavy atom. The minimum atomic E-state index is -0.785. The number of fused-ring (bicyclic) bond motifs is 1. The topological polar surface area (TPSA) is 84.8 Å². The van der Waals surface area contributed by atoms with E-state index in [-0.39, 0.29) is 17.1 Å². The van der Waals surface area contributed by atoms with E-state index in [1.807, 2.05) is 0 Å². The van der Waals surface area contributed by atoms with Crippen LogP contribution in [0, 0.1) is 0 Å². The van der Waals surface area contributed by atoms with Gasteiger partial charge in [0.1, 0.15) is 23.3 Å². The number of thiazole rings is 1. The van der Waals surface area contributed by atoms with E-state index in [0.717, 1.165) is 0 Å². The lowest BCUT2D eigenvalue weighted by Gasteiger charge is -2.22. The second-order valence-corrected chi connectivity index (χ2v) is 9.85. The molecule has 0 radical (unpaired) electrons. The van der Waals surface area contributed by atoms with Crippen LogP contribution in [-0.2, 0) is 4.79 Å². The van der Waals surface area contributed by atoms with Crippen LogP contribution in [0.5, 0.6) is 5.75 Å². The molecule has 2 aromatic heterocycles. The normalized spacial score (nSPS) is 15.8. The lowest BCUT2D eigenvalue weighted by atomic mass is 9.98. The molecule has 5 rings (SSSR count). The third-order valence-corrected chi connectivity index (χ3v) is 7.45. The summed E-state index contributed by atoms with van der Waals surface area (Å²) in [5.41, 5.74) is 1.78. The van der Waals surface area contributed by atoms with E-state index in [2.05, 4.69) is 4.99 Å². The molecule has 0 bridgehead atoms. The van der Waals surface area contributed by atoms with Gasteiger partial charge in [0, 0.05) is 22.4 Å². The molecular formula is C26H18Cl2N2O4S. The zero-order chi connectivity index (χ0) is 24.9. The number of carbonyl (C=O) groups excluding carboxylic acids is 1. The van der Waals surface area contributed by atoms with E-state index in [4.69, 9.17) is 27.6 Å². The predicted molar refractivity (Wildman–Crippen MR) is 137 cm³/mol. The molecule has 4 aromatic rings. The number of allylic oxidation sites excluding steroid dienone is 2. The molecule has 1 N–H and O–H groups in total. The van der Waals surface area contributed by atoms with Gasteiger partial charge in [-0.1, -0.05) is 52.7 Å². The Labute approximate surface area is 213 Å². The van der Waals surface area contributed by atoms with Crippen molar-refractivity contribution in [3.8, 4) is 17.1 Å². The van der Waals surface area contributed by atoms with Gasteiger partial charge in [-0.05, 0) is 56.3 Å². The highest BCUT2D eigenvalue weighted by Crippen LogP contribution is 2.35. The highest BCUT2D eigenvalue weighted by molar-refractivity contribution is 7.07. The first-order valence-corrected chi connectivity index (χ1v) is 12.2. The van der Waals surface area contributed by atoms with E-state index in [9.17, 15) is 14.7 Å². The summed E-state index contributed by atoms with van der Waals surface area (Å²) >= 11 is 13.4. The van der Waals surface area contributed by atoms with Gasteiger partial charge < -0.3 is 9.52 Å². The molecule has 1 atom stereocenters. The lowest BCUT2D eigenvalue weighted by Crippen LogP contribution is -2.39. The van der Waals surface area contributed by atoms with E-state index in [1.165, 1.54) is 22.8 Å². The monoisotopic (exact) mass is 524 g/mol. The van der Waals surface area contributed by atoms with Gasteiger partial charge in [-0.25, -0.2) is 4.99 Å². The third kappa shape index (κ3) is 4.16. The summed E-state index contributed by atoms with van der Waals surface area (Å²) in [4.78, 5) is 31.2. The average molecular weight is 525 g/mol. The van der Waals surface area contributed by atoms with Crippen molar-refractivity contribution in [2.75, 3.05) is 0 Å². The Balaban J connectivity index is 1.70. The van der Waals surface area contributed by atoms with Gasteiger partial charge in [0.2, 0.25) is 0 Å². The minimum absolute atomic E-state index is 0.0628. The fraction of sp³-hybridized carbons (Fsp3) is 0.115. The molecule has 1 aliphatic rings. The number of Topliss-reactive ketones (excluding diaryl/α,β-unsaturated/α-hetero) is 1. The first-order valence-electron chi connectivity index (χ1n) is 10.6. The molecule has 0 unspecified atom stereocenters. The number of ketones is 1. The van der Waals surface area contributed by atoms with Gasteiger partial charge in [0.25, 0.3) is 5.56 Å². The standard InChI is InChI=1S/C26H18Cl2N2O4S/c1-13-23(14(2)31)24(21-10-9-20(34-21)16-7-8-17(27)18(28)11-16)30-25(33)22(35-26(30)29-13)12-15-5-3-4-6-19(15)32/h3-12,24,32H,1-2H3/b22-12+/t24-/m0/s1. The van der Waals surface area contributed by atoms with Crippen molar-refractivity contribution in [3.05, 3.63) is 107 Å². The SMILES string of the molecule is CC(=O)C1=C(C)N=c2s/c(=C/c3ccccc3O)c(=O)n2[C@H]1c1ccc(-c2ccc(Cl)c(Cl)c2)o1. The third-order valence-electron chi connectivity index (χ3n) is 5.72. The molecule has 0 fully saturated rings. The summed E-state index contributed by atoms with van der Waals surface area (Å²) in [6.45, 7) is 3.19. The Morgan fingerprint density at radius 3 is 2.63 bits per heavy atom. The molecule has 0 amide bonds. The number of para-hydroxylation sites is 1. The van der Waals surface area contributed by atoms with E-state index in [1.54, 1.807) is 67.6 Å². The van der Waals surface area contributed by atoms with Crippen LogP contribution >= 0.6 is 34.5 Å². The largest absolute Gasteiger partial charge is 0.507 e. The molecule has 0 saturated heterocycles. The van der Waals surface area contributed by atoms with Crippen LogP contribution in [0.15, 0.2) is 80.1 Å². The lowest BCUT2D eigenvalue weighted by molar-refractivity contribution is -0.114. The summed E-state index contributed by atoms with van der Waals surface area (Å²) in [6.07, 6.45) is 1.62. The second-order valence-electron chi connectivity index (χ2n) is 8.03. The number of hydrogen-bond donors (Lipinski definition) is 1. The number of hydrogen-bond acceptors (Lipinski definition) is 6. The van der Waals surface area contributed by atoms with Gasteiger partial charge in [0.05, 0.1) is 14.6 Å². The molecule has 2 aromatic carbocycles. The number of furan rings is 1. The van der Waals surface area contributed by atoms with Crippen molar-refractivity contribution in [2.24, 2.45) is 4.99 Å². The summed E-state index contributed by atoms with van der Waals surface area (Å²) < 4.78 is 8.00.